The predicted molar refractivity (Wildman–Crippen MR) is 61.5 cm³/mol. The average molecular weight is 210 g/mol. The van der Waals surface area contributed by atoms with Gasteiger partial charge in [0.1, 0.15) is 0 Å². The van der Waals surface area contributed by atoms with Crippen LogP contribution in [-0.4, -0.2) is 12.6 Å². The topological polar surface area (TPSA) is 26.3 Å². The van der Waals surface area contributed by atoms with Crippen molar-refractivity contribution >= 4 is 5.97 Å². The molecule has 1 aliphatic carbocycles. The molecule has 86 valence electrons. The number of esters is 1. The molecule has 0 aromatic heterocycles. The molecule has 0 N–H and O–H groups in total. The Labute approximate surface area is 92.7 Å². The molecule has 15 heavy (non-hydrogen) atoms. The quantitative estimate of drug-likeness (QED) is 0.527. The van der Waals surface area contributed by atoms with Crippen molar-refractivity contribution in [2.75, 3.05) is 6.61 Å². The van der Waals surface area contributed by atoms with Gasteiger partial charge in [-0.2, -0.15) is 0 Å². The summed E-state index contributed by atoms with van der Waals surface area (Å²) >= 11 is 0. The molecular weight excluding hydrogens is 188 g/mol. The van der Waals surface area contributed by atoms with Gasteiger partial charge < -0.3 is 4.74 Å². The minimum Gasteiger partial charge on any atom is -0.463 e. The lowest BCUT2D eigenvalue weighted by atomic mass is 9.82. The van der Waals surface area contributed by atoms with E-state index in [0.717, 1.165) is 11.5 Å². The number of hydrogen-bond donors (Lipinski definition) is 0. The highest BCUT2D eigenvalue weighted by molar-refractivity contribution is 5.87. The van der Waals surface area contributed by atoms with Crippen molar-refractivity contribution in [3.05, 3.63) is 11.6 Å². The van der Waals surface area contributed by atoms with Gasteiger partial charge in [0.15, 0.2) is 0 Å². The van der Waals surface area contributed by atoms with E-state index in [4.69, 9.17) is 4.74 Å². The standard InChI is InChI=1S/C13H22O2/c1-4-15-13(14)11(3)9-12-7-5-6-10(2)8-12/h9-10,12H,4-8H2,1-3H3. The van der Waals surface area contributed by atoms with Crippen molar-refractivity contribution in [2.24, 2.45) is 11.8 Å². The first-order chi connectivity index (χ1) is 7.13. The Hall–Kier alpha value is -0.790. The summed E-state index contributed by atoms with van der Waals surface area (Å²) in [5, 5.41) is 0. The van der Waals surface area contributed by atoms with Crippen LogP contribution in [0.3, 0.4) is 0 Å². The van der Waals surface area contributed by atoms with Crippen LogP contribution in [0.5, 0.6) is 0 Å². The highest BCUT2D eigenvalue weighted by Crippen LogP contribution is 2.30. The van der Waals surface area contributed by atoms with Crippen LogP contribution >= 0.6 is 0 Å². The molecule has 0 aromatic rings. The molecule has 1 fully saturated rings. The molecule has 1 aliphatic rings. The van der Waals surface area contributed by atoms with Crippen molar-refractivity contribution in [2.45, 2.75) is 46.5 Å². The van der Waals surface area contributed by atoms with Gasteiger partial charge in [0.2, 0.25) is 0 Å². The van der Waals surface area contributed by atoms with Gasteiger partial charge in [-0.05, 0) is 38.5 Å². The molecule has 0 spiro atoms. The van der Waals surface area contributed by atoms with Gasteiger partial charge in [0.25, 0.3) is 0 Å². The summed E-state index contributed by atoms with van der Waals surface area (Å²) in [6, 6.07) is 0. The molecule has 0 heterocycles. The molecule has 2 heteroatoms. The molecule has 0 aliphatic heterocycles. The smallest absolute Gasteiger partial charge is 0.333 e. The van der Waals surface area contributed by atoms with Crippen LogP contribution in [0, 0.1) is 11.8 Å². The monoisotopic (exact) mass is 210 g/mol. The van der Waals surface area contributed by atoms with E-state index in [1.54, 1.807) is 0 Å². The average Bonchev–Trinajstić information content (AvgIpc) is 2.18. The molecule has 1 saturated carbocycles. The SMILES string of the molecule is CCOC(=O)C(C)=CC1CCCC(C)C1. The zero-order valence-corrected chi connectivity index (χ0v) is 10.1. The molecule has 0 saturated heterocycles. The Morgan fingerprint density at radius 1 is 1.47 bits per heavy atom. The Morgan fingerprint density at radius 3 is 2.80 bits per heavy atom. The second-order valence-electron chi connectivity index (χ2n) is 4.60. The largest absolute Gasteiger partial charge is 0.463 e. The third-order valence-corrected chi connectivity index (χ3v) is 3.06. The maximum Gasteiger partial charge on any atom is 0.333 e. The van der Waals surface area contributed by atoms with Crippen molar-refractivity contribution in [1.82, 2.24) is 0 Å². The Balaban J connectivity index is 2.49. The summed E-state index contributed by atoms with van der Waals surface area (Å²) in [5.41, 5.74) is 0.774. The summed E-state index contributed by atoms with van der Waals surface area (Å²) in [7, 11) is 0. The summed E-state index contributed by atoms with van der Waals surface area (Å²) in [6.45, 7) is 6.45. The zero-order valence-electron chi connectivity index (χ0n) is 10.1. The van der Waals surface area contributed by atoms with Gasteiger partial charge in [0, 0.05) is 5.57 Å². The maximum atomic E-state index is 11.4. The van der Waals surface area contributed by atoms with E-state index < -0.39 is 0 Å². The fourth-order valence-electron chi connectivity index (χ4n) is 2.30. The Morgan fingerprint density at radius 2 is 2.20 bits per heavy atom. The van der Waals surface area contributed by atoms with Gasteiger partial charge in [-0.15, -0.1) is 0 Å². The van der Waals surface area contributed by atoms with E-state index in [1.807, 2.05) is 13.8 Å². The summed E-state index contributed by atoms with van der Waals surface area (Å²) in [4.78, 5) is 11.4. The van der Waals surface area contributed by atoms with Gasteiger partial charge in [-0.3, -0.25) is 0 Å². The molecule has 0 bridgehead atoms. The van der Waals surface area contributed by atoms with Crippen molar-refractivity contribution < 1.29 is 9.53 Å². The van der Waals surface area contributed by atoms with E-state index in [9.17, 15) is 4.79 Å². The number of rotatable bonds is 3. The van der Waals surface area contributed by atoms with Crippen LogP contribution < -0.4 is 0 Å². The van der Waals surface area contributed by atoms with Crippen LogP contribution in [0.1, 0.15) is 46.5 Å². The van der Waals surface area contributed by atoms with Crippen LogP contribution in [0.25, 0.3) is 0 Å². The fraction of sp³-hybridized carbons (Fsp3) is 0.769. The minimum absolute atomic E-state index is 0.157. The first-order valence-corrected chi connectivity index (χ1v) is 5.99. The highest BCUT2D eigenvalue weighted by Gasteiger charge is 2.18. The summed E-state index contributed by atoms with van der Waals surface area (Å²) in [5.74, 6) is 1.23. The van der Waals surface area contributed by atoms with Crippen molar-refractivity contribution in [1.29, 1.82) is 0 Å². The fourth-order valence-corrected chi connectivity index (χ4v) is 2.30. The van der Waals surface area contributed by atoms with Gasteiger partial charge in [-0.1, -0.05) is 25.8 Å². The number of carbonyl (C=O) groups excluding carboxylic acids is 1. The maximum absolute atomic E-state index is 11.4. The third-order valence-electron chi connectivity index (χ3n) is 3.06. The van der Waals surface area contributed by atoms with E-state index >= 15 is 0 Å². The van der Waals surface area contributed by atoms with Gasteiger partial charge in [-0.25, -0.2) is 4.79 Å². The molecule has 2 nitrogen and oxygen atoms in total. The van der Waals surface area contributed by atoms with Crippen LogP contribution in [0.4, 0.5) is 0 Å². The van der Waals surface area contributed by atoms with E-state index in [-0.39, 0.29) is 5.97 Å². The second kappa shape index (κ2) is 5.94. The molecule has 1 rings (SSSR count). The number of hydrogen-bond acceptors (Lipinski definition) is 2. The van der Waals surface area contributed by atoms with E-state index in [1.165, 1.54) is 25.7 Å². The Kier molecular flexibility index (Phi) is 4.86. The van der Waals surface area contributed by atoms with E-state index in [0.29, 0.717) is 12.5 Å². The van der Waals surface area contributed by atoms with Crippen LogP contribution in [0.2, 0.25) is 0 Å². The second-order valence-corrected chi connectivity index (χ2v) is 4.60. The first kappa shape index (κ1) is 12.3. The van der Waals surface area contributed by atoms with E-state index in [2.05, 4.69) is 13.0 Å². The summed E-state index contributed by atoms with van der Waals surface area (Å²) < 4.78 is 4.96. The third kappa shape index (κ3) is 4.06. The predicted octanol–water partition coefficient (Wildman–Crippen LogP) is 3.32. The van der Waals surface area contributed by atoms with Crippen molar-refractivity contribution in [3.8, 4) is 0 Å². The van der Waals surface area contributed by atoms with Gasteiger partial charge >= 0.3 is 5.97 Å². The highest BCUT2D eigenvalue weighted by atomic mass is 16.5. The molecular formula is C13H22O2. The number of ether oxygens (including phenoxy) is 1. The number of carbonyl (C=O) groups is 1. The molecule has 2 atom stereocenters. The van der Waals surface area contributed by atoms with Crippen LogP contribution in [-0.2, 0) is 9.53 Å². The normalized spacial score (nSPS) is 27.5. The molecule has 2 unspecified atom stereocenters. The molecule has 0 amide bonds. The lowest BCUT2D eigenvalue weighted by Gasteiger charge is -2.24. The van der Waals surface area contributed by atoms with Crippen molar-refractivity contribution in [3.63, 3.8) is 0 Å². The van der Waals surface area contributed by atoms with Gasteiger partial charge in [0.05, 0.1) is 6.61 Å². The Bertz CT molecular complexity index is 243. The molecule has 0 aromatic carbocycles. The van der Waals surface area contributed by atoms with Crippen LogP contribution in [0.15, 0.2) is 11.6 Å². The summed E-state index contributed by atoms with van der Waals surface area (Å²) in [6.07, 6.45) is 7.17. The number of allylic oxidation sites excluding steroid dienone is 1. The minimum atomic E-state index is -0.157. The first-order valence-electron chi connectivity index (χ1n) is 5.99. The lowest BCUT2D eigenvalue weighted by Crippen LogP contribution is -2.13. The zero-order chi connectivity index (χ0) is 11.3. The molecule has 0 radical (unpaired) electrons. The lowest BCUT2D eigenvalue weighted by molar-refractivity contribution is -0.138.